The van der Waals surface area contributed by atoms with E-state index in [1.165, 1.54) is 16.7 Å². The lowest BCUT2D eigenvalue weighted by molar-refractivity contribution is 0.646. The lowest BCUT2D eigenvalue weighted by Gasteiger charge is -2.07. The molecule has 1 heterocycles. The van der Waals surface area contributed by atoms with Gasteiger partial charge in [-0.15, -0.1) is 0 Å². The van der Waals surface area contributed by atoms with Gasteiger partial charge in [-0.3, -0.25) is 4.68 Å². The number of benzene rings is 1. The number of rotatable bonds is 6. The van der Waals surface area contributed by atoms with Crippen LogP contribution in [0.25, 0.3) is 0 Å². The topological polar surface area (TPSA) is 29.9 Å². The molecular formula is C17H25N3. The normalized spacial score (nSPS) is 11.2. The molecule has 3 heteroatoms. The molecule has 20 heavy (non-hydrogen) atoms. The number of hydrogen-bond donors (Lipinski definition) is 1. The zero-order valence-corrected chi connectivity index (χ0v) is 13.0. The summed E-state index contributed by atoms with van der Waals surface area (Å²) in [6, 6.07) is 8.93. The van der Waals surface area contributed by atoms with Crippen LogP contribution in [0.3, 0.4) is 0 Å². The summed E-state index contributed by atoms with van der Waals surface area (Å²) >= 11 is 0. The van der Waals surface area contributed by atoms with Crippen molar-refractivity contribution in [3.05, 3.63) is 52.8 Å². The molecule has 0 bridgehead atoms. The molecule has 2 aromatic rings. The monoisotopic (exact) mass is 271 g/mol. The van der Waals surface area contributed by atoms with Crippen molar-refractivity contribution >= 4 is 0 Å². The van der Waals surface area contributed by atoms with Gasteiger partial charge in [-0.25, -0.2) is 0 Å². The molecule has 0 atom stereocenters. The zero-order chi connectivity index (χ0) is 14.5. The number of aryl methyl sites for hydroxylation is 2. The molecule has 1 N–H and O–H groups in total. The maximum absolute atomic E-state index is 4.35. The Balaban J connectivity index is 1.83. The predicted octanol–water partition coefficient (Wildman–Crippen LogP) is 3.22. The molecule has 0 radical (unpaired) electrons. The van der Waals surface area contributed by atoms with Crippen LogP contribution >= 0.6 is 0 Å². The van der Waals surface area contributed by atoms with E-state index in [2.05, 4.69) is 61.6 Å². The molecule has 0 spiro atoms. The van der Waals surface area contributed by atoms with Crippen LogP contribution in [-0.4, -0.2) is 9.78 Å². The molecule has 0 fully saturated rings. The highest BCUT2D eigenvalue weighted by atomic mass is 15.2. The zero-order valence-electron chi connectivity index (χ0n) is 13.0. The predicted molar refractivity (Wildman–Crippen MR) is 83.5 cm³/mol. The van der Waals surface area contributed by atoms with Gasteiger partial charge in [0.15, 0.2) is 0 Å². The number of hydrogen-bond acceptors (Lipinski definition) is 2. The molecule has 0 aliphatic heterocycles. The molecule has 0 aliphatic carbocycles. The van der Waals surface area contributed by atoms with Gasteiger partial charge < -0.3 is 5.32 Å². The first-order valence-electron chi connectivity index (χ1n) is 7.32. The van der Waals surface area contributed by atoms with Crippen LogP contribution in [0.15, 0.2) is 30.5 Å². The highest BCUT2D eigenvalue weighted by Gasteiger charge is 2.02. The van der Waals surface area contributed by atoms with E-state index in [-0.39, 0.29) is 0 Å². The number of nitrogens with zero attached hydrogens (tertiary/aromatic N) is 2. The maximum Gasteiger partial charge on any atom is 0.0638 e. The van der Waals surface area contributed by atoms with Crippen LogP contribution in [0.5, 0.6) is 0 Å². The summed E-state index contributed by atoms with van der Waals surface area (Å²) in [5, 5.41) is 7.83. The van der Waals surface area contributed by atoms with E-state index < -0.39 is 0 Å². The van der Waals surface area contributed by atoms with Crippen molar-refractivity contribution in [2.24, 2.45) is 13.0 Å². The Kier molecular flexibility index (Phi) is 4.96. The van der Waals surface area contributed by atoms with Crippen molar-refractivity contribution in [3.63, 3.8) is 0 Å². The van der Waals surface area contributed by atoms with Crippen LogP contribution in [0.1, 0.15) is 36.2 Å². The summed E-state index contributed by atoms with van der Waals surface area (Å²) in [5.74, 6) is 0.715. The minimum atomic E-state index is 0.715. The average Bonchev–Trinajstić information content (AvgIpc) is 2.69. The molecule has 108 valence electrons. The third kappa shape index (κ3) is 4.20. The second-order valence-corrected chi connectivity index (χ2v) is 5.93. The molecule has 0 saturated heterocycles. The first-order valence-corrected chi connectivity index (χ1v) is 7.32. The molecule has 2 rings (SSSR count). The second-order valence-electron chi connectivity index (χ2n) is 5.93. The van der Waals surface area contributed by atoms with Crippen LogP contribution < -0.4 is 5.32 Å². The van der Waals surface area contributed by atoms with Crippen LogP contribution in [0.2, 0.25) is 0 Å². The highest BCUT2D eigenvalue weighted by Crippen LogP contribution is 2.10. The van der Waals surface area contributed by atoms with E-state index >= 15 is 0 Å². The highest BCUT2D eigenvalue weighted by molar-refractivity contribution is 5.23. The minimum Gasteiger partial charge on any atom is -0.308 e. The van der Waals surface area contributed by atoms with Crippen LogP contribution in [0.4, 0.5) is 0 Å². The Morgan fingerprint density at radius 3 is 2.30 bits per heavy atom. The molecule has 0 saturated carbocycles. The number of nitrogens with one attached hydrogen (secondary N) is 1. The maximum atomic E-state index is 4.35. The molecule has 3 nitrogen and oxygen atoms in total. The van der Waals surface area contributed by atoms with E-state index in [1.54, 1.807) is 0 Å². The molecule has 0 amide bonds. The second kappa shape index (κ2) is 6.71. The van der Waals surface area contributed by atoms with Gasteiger partial charge in [-0.05, 0) is 30.4 Å². The third-order valence-electron chi connectivity index (χ3n) is 3.43. The van der Waals surface area contributed by atoms with Gasteiger partial charge in [0.2, 0.25) is 0 Å². The first kappa shape index (κ1) is 14.8. The minimum absolute atomic E-state index is 0.715. The van der Waals surface area contributed by atoms with Crippen LogP contribution in [0, 0.1) is 12.8 Å². The van der Waals surface area contributed by atoms with Crippen molar-refractivity contribution in [2.75, 3.05) is 0 Å². The van der Waals surface area contributed by atoms with E-state index in [4.69, 9.17) is 0 Å². The lowest BCUT2D eigenvalue weighted by Crippen LogP contribution is -2.13. The summed E-state index contributed by atoms with van der Waals surface area (Å²) in [4.78, 5) is 0. The third-order valence-corrected chi connectivity index (χ3v) is 3.43. The summed E-state index contributed by atoms with van der Waals surface area (Å²) in [5.41, 5.74) is 5.13. The Hall–Kier alpha value is -1.61. The van der Waals surface area contributed by atoms with Crippen molar-refractivity contribution in [1.29, 1.82) is 0 Å². The van der Waals surface area contributed by atoms with Gasteiger partial charge in [0.25, 0.3) is 0 Å². The smallest absolute Gasteiger partial charge is 0.0638 e. The van der Waals surface area contributed by atoms with Gasteiger partial charge in [0.1, 0.15) is 0 Å². The van der Waals surface area contributed by atoms with Gasteiger partial charge in [-0.1, -0.05) is 38.1 Å². The van der Waals surface area contributed by atoms with Gasteiger partial charge >= 0.3 is 0 Å². The van der Waals surface area contributed by atoms with E-state index in [0.717, 1.165) is 25.2 Å². The van der Waals surface area contributed by atoms with Crippen molar-refractivity contribution < 1.29 is 0 Å². The average molecular weight is 271 g/mol. The summed E-state index contributed by atoms with van der Waals surface area (Å²) in [7, 11) is 1.96. The standard InChI is InChI=1S/C17H25N3/c1-13(2)9-15-5-7-16(8-6-15)10-18-11-17-12-20(4)19-14(17)3/h5-8,12-13,18H,9-11H2,1-4H3. The first-order chi connectivity index (χ1) is 9.54. The van der Waals surface area contributed by atoms with E-state index in [0.29, 0.717) is 5.92 Å². The lowest BCUT2D eigenvalue weighted by atomic mass is 10.0. The quantitative estimate of drug-likeness (QED) is 0.874. The molecule has 0 unspecified atom stereocenters. The van der Waals surface area contributed by atoms with E-state index in [9.17, 15) is 0 Å². The van der Waals surface area contributed by atoms with E-state index in [1.807, 2.05) is 11.7 Å². The van der Waals surface area contributed by atoms with Gasteiger partial charge in [0, 0.05) is 31.9 Å². The largest absolute Gasteiger partial charge is 0.308 e. The van der Waals surface area contributed by atoms with Crippen molar-refractivity contribution in [1.82, 2.24) is 15.1 Å². The SMILES string of the molecule is Cc1nn(C)cc1CNCc1ccc(CC(C)C)cc1. The van der Waals surface area contributed by atoms with Crippen molar-refractivity contribution in [2.45, 2.75) is 40.3 Å². The van der Waals surface area contributed by atoms with Gasteiger partial charge in [0.05, 0.1) is 5.69 Å². The summed E-state index contributed by atoms with van der Waals surface area (Å²) in [6.45, 7) is 8.33. The fourth-order valence-corrected chi connectivity index (χ4v) is 2.43. The number of aromatic nitrogens is 2. The summed E-state index contributed by atoms with van der Waals surface area (Å²) < 4.78 is 1.87. The Bertz CT molecular complexity index is 538. The Morgan fingerprint density at radius 1 is 1.10 bits per heavy atom. The fraction of sp³-hybridized carbons (Fsp3) is 0.471. The van der Waals surface area contributed by atoms with Crippen molar-refractivity contribution in [3.8, 4) is 0 Å². The molecule has 0 aliphatic rings. The Morgan fingerprint density at radius 2 is 1.75 bits per heavy atom. The van der Waals surface area contributed by atoms with Gasteiger partial charge in [-0.2, -0.15) is 5.10 Å². The summed E-state index contributed by atoms with van der Waals surface area (Å²) in [6.07, 6.45) is 3.23. The van der Waals surface area contributed by atoms with Crippen LogP contribution in [-0.2, 0) is 26.6 Å². The fourth-order valence-electron chi connectivity index (χ4n) is 2.43. The molecular weight excluding hydrogens is 246 g/mol. The molecule has 1 aromatic heterocycles. The Labute approximate surface area is 122 Å². The molecule has 1 aromatic carbocycles.